The molecule has 2 N–H and O–H groups in total. The predicted octanol–water partition coefficient (Wildman–Crippen LogP) is 3.23. The van der Waals surface area contributed by atoms with E-state index in [1.807, 2.05) is 10.3 Å². The molecule has 1 aliphatic rings. The highest BCUT2D eigenvalue weighted by molar-refractivity contribution is 7.10. The lowest BCUT2D eigenvalue weighted by atomic mass is 9.97. The minimum absolute atomic E-state index is 0. The third kappa shape index (κ3) is 2.99. The van der Waals surface area contributed by atoms with Gasteiger partial charge in [-0.1, -0.05) is 6.92 Å². The summed E-state index contributed by atoms with van der Waals surface area (Å²) in [6.45, 7) is 3.30. The molecule has 1 unspecified atom stereocenters. The molecule has 3 heterocycles. The number of thiazole rings is 1. The highest BCUT2D eigenvalue weighted by atomic mass is 35.5. The maximum atomic E-state index is 12.7. The van der Waals surface area contributed by atoms with Crippen molar-refractivity contribution >= 4 is 41.0 Å². The van der Waals surface area contributed by atoms with Crippen LogP contribution in [-0.2, 0) is 13.0 Å². The van der Waals surface area contributed by atoms with Crippen LogP contribution in [0, 0.1) is 0 Å². The summed E-state index contributed by atoms with van der Waals surface area (Å²) >= 11 is 3.25. The van der Waals surface area contributed by atoms with Crippen LogP contribution in [0.25, 0.3) is 0 Å². The summed E-state index contributed by atoms with van der Waals surface area (Å²) in [7, 11) is 0. The summed E-state index contributed by atoms with van der Waals surface area (Å²) in [5, 5.41) is 4.76. The van der Waals surface area contributed by atoms with Gasteiger partial charge in [0.05, 0.1) is 6.04 Å². The largest absolute Gasteiger partial charge is 0.330 e. The van der Waals surface area contributed by atoms with Gasteiger partial charge < -0.3 is 10.6 Å². The molecule has 0 saturated heterocycles. The first-order valence-electron chi connectivity index (χ1n) is 6.76. The molecule has 1 amide bonds. The molecule has 0 radical (unpaired) electrons. The zero-order valence-corrected chi connectivity index (χ0v) is 14.2. The summed E-state index contributed by atoms with van der Waals surface area (Å²) < 4.78 is 0. The number of thiophene rings is 1. The fraction of sp³-hybridized carbons (Fsp3) is 0.429. The van der Waals surface area contributed by atoms with E-state index in [0.29, 0.717) is 12.2 Å². The number of rotatable bonds is 3. The number of hydrogen-bond donors (Lipinski definition) is 1. The number of nitrogens with zero attached hydrogens (tertiary/aromatic N) is 2. The minimum atomic E-state index is 0. The summed E-state index contributed by atoms with van der Waals surface area (Å²) in [6, 6.07) is 2.33. The van der Waals surface area contributed by atoms with Crippen molar-refractivity contribution in [3.8, 4) is 0 Å². The van der Waals surface area contributed by atoms with E-state index in [0.717, 1.165) is 24.4 Å². The predicted molar refractivity (Wildman–Crippen MR) is 89.3 cm³/mol. The Morgan fingerprint density at radius 3 is 3.00 bits per heavy atom. The summed E-state index contributed by atoms with van der Waals surface area (Å²) in [5.41, 5.74) is 7.42. The molecule has 3 rings (SSSR count). The standard InChI is InChI=1S/C14H17N3OS2.ClH/c1-2-11-9-4-6-19-12(9)3-5-17(11)14(18)10-8-20-13(7-15)16-10;/h4,6,8,11H,2-3,5,7,15H2,1H3;1H. The fourth-order valence-electron chi connectivity index (χ4n) is 2.73. The van der Waals surface area contributed by atoms with Crippen LogP contribution in [0.1, 0.15) is 45.3 Å². The summed E-state index contributed by atoms with van der Waals surface area (Å²) in [4.78, 5) is 20.4. The van der Waals surface area contributed by atoms with E-state index >= 15 is 0 Å². The molecule has 2 aromatic heterocycles. The number of amides is 1. The van der Waals surface area contributed by atoms with Crippen LogP contribution in [0.5, 0.6) is 0 Å². The Morgan fingerprint density at radius 1 is 1.52 bits per heavy atom. The van der Waals surface area contributed by atoms with Crippen molar-refractivity contribution in [3.63, 3.8) is 0 Å². The first-order valence-corrected chi connectivity index (χ1v) is 8.52. The molecular weight excluding hydrogens is 326 g/mol. The van der Waals surface area contributed by atoms with Crippen molar-refractivity contribution in [2.45, 2.75) is 32.4 Å². The first-order chi connectivity index (χ1) is 9.74. The van der Waals surface area contributed by atoms with Crippen LogP contribution in [0.2, 0.25) is 0 Å². The molecule has 1 aliphatic heterocycles. The van der Waals surface area contributed by atoms with Gasteiger partial charge in [0, 0.05) is 23.3 Å². The quantitative estimate of drug-likeness (QED) is 0.930. The number of aromatic nitrogens is 1. The average molecular weight is 344 g/mol. The van der Waals surface area contributed by atoms with Crippen molar-refractivity contribution in [2.24, 2.45) is 5.73 Å². The molecule has 0 fully saturated rings. The Bertz CT molecular complexity index is 625. The molecule has 21 heavy (non-hydrogen) atoms. The Balaban J connectivity index is 0.00000161. The van der Waals surface area contributed by atoms with Crippen LogP contribution in [-0.4, -0.2) is 22.3 Å². The topological polar surface area (TPSA) is 59.2 Å². The monoisotopic (exact) mass is 343 g/mol. The van der Waals surface area contributed by atoms with Gasteiger partial charge in [-0.05, 0) is 29.9 Å². The molecule has 0 spiro atoms. The Morgan fingerprint density at radius 2 is 2.33 bits per heavy atom. The Labute approximate surface area is 138 Å². The molecule has 4 nitrogen and oxygen atoms in total. The lowest BCUT2D eigenvalue weighted by Gasteiger charge is -2.35. The second kappa shape index (κ2) is 6.87. The number of fused-ring (bicyclic) bond motifs is 1. The first kappa shape index (κ1) is 16.4. The van der Waals surface area contributed by atoms with Crippen LogP contribution >= 0.6 is 35.1 Å². The van der Waals surface area contributed by atoms with Crippen molar-refractivity contribution in [2.75, 3.05) is 6.54 Å². The van der Waals surface area contributed by atoms with Gasteiger partial charge in [-0.3, -0.25) is 4.79 Å². The normalized spacial score (nSPS) is 17.2. The number of hydrogen-bond acceptors (Lipinski definition) is 5. The SMILES string of the molecule is CCC1c2ccsc2CCN1C(=O)c1csc(CN)n1.Cl. The maximum Gasteiger partial charge on any atom is 0.273 e. The number of carbonyl (C=O) groups is 1. The molecule has 1 atom stereocenters. The second-order valence-electron chi connectivity index (χ2n) is 4.80. The summed E-state index contributed by atoms with van der Waals surface area (Å²) in [6.07, 6.45) is 1.88. The molecule has 2 aromatic rings. The zero-order chi connectivity index (χ0) is 14.1. The molecule has 0 bridgehead atoms. The molecule has 0 aromatic carbocycles. The molecule has 0 saturated carbocycles. The Kier molecular flexibility index (Phi) is 5.37. The average Bonchev–Trinajstić information content (AvgIpc) is 3.13. The van der Waals surface area contributed by atoms with Gasteiger partial charge in [-0.2, -0.15) is 0 Å². The van der Waals surface area contributed by atoms with Gasteiger partial charge in [-0.25, -0.2) is 4.98 Å². The minimum Gasteiger partial charge on any atom is -0.330 e. The van der Waals surface area contributed by atoms with Crippen LogP contribution < -0.4 is 5.73 Å². The fourth-order valence-corrected chi connectivity index (χ4v) is 4.31. The number of halogens is 1. The van der Waals surface area contributed by atoms with Crippen LogP contribution in [0.4, 0.5) is 0 Å². The van der Waals surface area contributed by atoms with E-state index < -0.39 is 0 Å². The van der Waals surface area contributed by atoms with Gasteiger partial charge >= 0.3 is 0 Å². The lowest BCUT2D eigenvalue weighted by molar-refractivity contribution is 0.0652. The van der Waals surface area contributed by atoms with Crippen molar-refractivity contribution in [1.82, 2.24) is 9.88 Å². The van der Waals surface area contributed by atoms with E-state index in [1.165, 1.54) is 21.8 Å². The molecule has 114 valence electrons. The molecular formula is C14H18ClN3OS2. The van der Waals surface area contributed by atoms with Crippen molar-refractivity contribution < 1.29 is 4.79 Å². The highest BCUT2D eigenvalue weighted by Gasteiger charge is 2.31. The number of carbonyl (C=O) groups excluding carboxylic acids is 1. The Hall–Kier alpha value is -0.950. The van der Waals surface area contributed by atoms with Crippen LogP contribution in [0.15, 0.2) is 16.8 Å². The smallest absolute Gasteiger partial charge is 0.273 e. The van der Waals surface area contributed by atoms with E-state index in [2.05, 4.69) is 23.4 Å². The van der Waals surface area contributed by atoms with E-state index in [-0.39, 0.29) is 24.4 Å². The van der Waals surface area contributed by atoms with Crippen molar-refractivity contribution in [3.05, 3.63) is 38.0 Å². The van der Waals surface area contributed by atoms with Gasteiger partial charge in [0.25, 0.3) is 5.91 Å². The van der Waals surface area contributed by atoms with Gasteiger partial charge in [-0.15, -0.1) is 35.1 Å². The van der Waals surface area contributed by atoms with Gasteiger partial charge in [0.2, 0.25) is 0 Å². The zero-order valence-electron chi connectivity index (χ0n) is 11.7. The summed E-state index contributed by atoms with van der Waals surface area (Å²) in [5.74, 6) is 0.0321. The molecule has 0 aliphatic carbocycles. The van der Waals surface area contributed by atoms with E-state index in [4.69, 9.17) is 5.73 Å². The maximum absolute atomic E-state index is 12.7. The lowest BCUT2D eigenvalue weighted by Crippen LogP contribution is -2.39. The third-order valence-corrected chi connectivity index (χ3v) is 5.56. The van der Waals surface area contributed by atoms with Crippen molar-refractivity contribution in [1.29, 1.82) is 0 Å². The third-order valence-electron chi connectivity index (χ3n) is 3.69. The highest BCUT2D eigenvalue weighted by Crippen LogP contribution is 2.36. The van der Waals surface area contributed by atoms with E-state index in [1.54, 1.807) is 11.3 Å². The van der Waals surface area contributed by atoms with Gasteiger partial charge in [0.1, 0.15) is 10.7 Å². The van der Waals surface area contributed by atoms with E-state index in [9.17, 15) is 4.79 Å². The van der Waals surface area contributed by atoms with Crippen LogP contribution in [0.3, 0.4) is 0 Å². The number of nitrogens with two attached hydrogens (primary N) is 1. The molecule has 7 heteroatoms. The second-order valence-corrected chi connectivity index (χ2v) is 6.75. The van der Waals surface area contributed by atoms with Gasteiger partial charge in [0.15, 0.2) is 0 Å².